The highest BCUT2D eigenvalue weighted by atomic mass is 32.1. The van der Waals surface area contributed by atoms with Crippen LogP contribution in [0.1, 0.15) is 6.42 Å². The zero-order chi connectivity index (χ0) is 14.8. The molecule has 2 heterocycles. The lowest BCUT2D eigenvalue weighted by molar-refractivity contribution is -0.137. The molecule has 0 radical (unpaired) electrons. The molecule has 2 aromatic rings. The van der Waals surface area contributed by atoms with Crippen molar-refractivity contribution in [1.29, 1.82) is 0 Å². The fourth-order valence-electron chi connectivity index (χ4n) is 2.44. The Hall–Kier alpha value is -1.73. The average molecular weight is 309 g/mol. The second-order valence-electron chi connectivity index (χ2n) is 5.08. The molecule has 0 aliphatic carbocycles. The number of anilines is 1. The number of nitrogens with zero attached hydrogens (tertiary/aromatic N) is 3. The molecule has 1 N–H and O–H groups in total. The second-order valence-corrected chi connectivity index (χ2v) is 6.09. The SMILES string of the molecule is O=C(O)CCN1CCN(c2nc3cc(F)ccc3s2)CC1. The summed E-state index contributed by atoms with van der Waals surface area (Å²) in [5.74, 6) is -1.02. The maximum absolute atomic E-state index is 13.2. The van der Waals surface area contributed by atoms with Crippen LogP contribution in [0, 0.1) is 5.82 Å². The van der Waals surface area contributed by atoms with E-state index in [2.05, 4.69) is 14.8 Å². The molecule has 5 nitrogen and oxygen atoms in total. The number of hydrogen-bond donors (Lipinski definition) is 1. The number of hydrogen-bond acceptors (Lipinski definition) is 5. The minimum atomic E-state index is -0.759. The molecule has 3 rings (SSSR count). The van der Waals surface area contributed by atoms with Gasteiger partial charge in [-0.25, -0.2) is 9.37 Å². The van der Waals surface area contributed by atoms with Gasteiger partial charge in [0.05, 0.1) is 16.6 Å². The van der Waals surface area contributed by atoms with Crippen LogP contribution in [0.15, 0.2) is 18.2 Å². The zero-order valence-electron chi connectivity index (χ0n) is 11.5. The number of rotatable bonds is 4. The molecule has 1 aliphatic heterocycles. The van der Waals surface area contributed by atoms with E-state index in [1.54, 1.807) is 17.4 Å². The predicted octanol–water partition coefficient (Wildman–Crippen LogP) is 2.03. The monoisotopic (exact) mass is 309 g/mol. The molecule has 1 aromatic carbocycles. The summed E-state index contributed by atoms with van der Waals surface area (Å²) < 4.78 is 14.2. The number of aliphatic carboxylic acids is 1. The molecule has 0 bridgehead atoms. The van der Waals surface area contributed by atoms with Crippen LogP contribution in [0.2, 0.25) is 0 Å². The fourth-order valence-corrected chi connectivity index (χ4v) is 3.44. The van der Waals surface area contributed by atoms with E-state index in [-0.39, 0.29) is 12.2 Å². The van der Waals surface area contributed by atoms with E-state index in [0.29, 0.717) is 12.1 Å². The van der Waals surface area contributed by atoms with Gasteiger partial charge in [-0.05, 0) is 12.1 Å². The summed E-state index contributed by atoms with van der Waals surface area (Å²) in [4.78, 5) is 19.4. The molecule has 112 valence electrons. The average Bonchev–Trinajstić information content (AvgIpc) is 2.88. The molecule has 0 amide bonds. The Morgan fingerprint density at radius 2 is 2.10 bits per heavy atom. The third-order valence-corrected chi connectivity index (χ3v) is 4.72. The van der Waals surface area contributed by atoms with Gasteiger partial charge in [0.1, 0.15) is 5.82 Å². The minimum Gasteiger partial charge on any atom is -0.481 e. The van der Waals surface area contributed by atoms with Crippen LogP contribution in [0.5, 0.6) is 0 Å². The van der Waals surface area contributed by atoms with Crippen molar-refractivity contribution in [3.8, 4) is 0 Å². The fraction of sp³-hybridized carbons (Fsp3) is 0.429. The lowest BCUT2D eigenvalue weighted by atomic mass is 10.3. The summed E-state index contributed by atoms with van der Waals surface area (Å²) in [7, 11) is 0. The van der Waals surface area contributed by atoms with Gasteiger partial charge in [0, 0.05) is 38.8 Å². The number of carboxylic acid groups (broad SMARTS) is 1. The van der Waals surface area contributed by atoms with Crippen molar-refractivity contribution >= 4 is 32.7 Å². The quantitative estimate of drug-likeness (QED) is 0.936. The first kappa shape index (κ1) is 14.2. The number of thiazole rings is 1. The van der Waals surface area contributed by atoms with Gasteiger partial charge in [0.2, 0.25) is 0 Å². The molecule has 0 unspecified atom stereocenters. The van der Waals surface area contributed by atoms with Crippen LogP contribution in [0.4, 0.5) is 9.52 Å². The van der Waals surface area contributed by atoms with Crippen molar-refractivity contribution in [2.75, 3.05) is 37.6 Å². The van der Waals surface area contributed by atoms with Gasteiger partial charge in [-0.15, -0.1) is 0 Å². The molecular weight excluding hydrogens is 293 g/mol. The zero-order valence-corrected chi connectivity index (χ0v) is 12.3. The first-order valence-corrected chi connectivity index (χ1v) is 7.69. The van der Waals surface area contributed by atoms with E-state index < -0.39 is 5.97 Å². The molecule has 1 fully saturated rings. The van der Waals surface area contributed by atoms with E-state index in [0.717, 1.165) is 36.0 Å². The second kappa shape index (κ2) is 5.95. The molecule has 0 atom stereocenters. The first-order chi connectivity index (χ1) is 10.1. The summed E-state index contributed by atoms with van der Waals surface area (Å²) in [6.07, 6.45) is 0.181. The van der Waals surface area contributed by atoms with Crippen LogP contribution >= 0.6 is 11.3 Å². The molecule has 0 saturated carbocycles. The van der Waals surface area contributed by atoms with Gasteiger partial charge in [-0.3, -0.25) is 9.69 Å². The molecular formula is C14H16FN3O2S. The van der Waals surface area contributed by atoms with Crippen molar-refractivity contribution in [3.05, 3.63) is 24.0 Å². The lowest BCUT2D eigenvalue weighted by Gasteiger charge is -2.34. The van der Waals surface area contributed by atoms with E-state index in [1.165, 1.54) is 12.1 Å². The van der Waals surface area contributed by atoms with Gasteiger partial charge in [0.25, 0.3) is 0 Å². The molecule has 1 aliphatic rings. The number of carboxylic acids is 1. The van der Waals surface area contributed by atoms with Crippen LogP contribution in [-0.2, 0) is 4.79 Å². The standard InChI is InChI=1S/C14H16FN3O2S/c15-10-1-2-12-11(9-10)16-14(21-12)18-7-5-17(6-8-18)4-3-13(19)20/h1-2,9H,3-8H2,(H,19,20). The van der Waals surface area contributed by atoms with Gasteiger partial charge in [0.15, 0.2) is 5.13 Å². The smallest absolute Gasteiger partial charge is 0.304 e. The Bertz CT molecular complexity index is 653. The molecule has 0 spiro atoms. The highest BCUT2D eigenvalue weighted by Gasteiger charge is 2.20. The van der Waals surface area contributed by atoms with Crippen molar-refractivity contribution < 1.29 is 14.3 Å². The van der Waals surface area contributed by atoms with Crippen LogP contribution < -0.4 is 4.90 Å². The van der Waals surface area contributed by atoms with Crippen molar-refractivity contribution in [1.82, 2.24) is 9.88 Å². The van der Waals surface area contributed by atoms with E-state index in [4.69, 9.17) is 5.11 Å². The Morgan fingerprint density at radius 1 is 1.33 bits per heavy atom. The number of benzene rings is 1. The molecule has 21 heavy (non-hydrogen) atoms. The van der Waals surface area contributed by atoms with Crippen LogP contribution in [0.3, 0.4) is 0 Å². The van der Waals surface area contributed by atoms with E-state index in [1.807, 2.05) is 0 Å². The first-order valence-electron chi connectivity index (χ1n) is 6.87. The van der Waals surface area contributed by atoms with Crippen molar-refractivity contribution in [2.45, 2.75) is 6.42 Å². The third kappa shape index (κ3) is 3.30. The number of carbonyl (C=O) groups is 1. The number of aromatic nitrogens is 1. The third-order valence-electron chi connectivity index (χ3n) is 3.62. The number of halogens is 1. The normalized spacial score (nSPS) is 16.5. The van der Waals surface area contributed by atoms with Crippen LogP contribution in [0.25, 0.3) is 10.2 Å². The Kier molecular flexibility index (Phi) is 4.03. The predicted molar refractivity (Wildman–Crippen MR) is 80.5 cm³/mol. The topological polar surface area (TPSA) is 56.7 Å². The molecule has 1 saturated heterocycles. The summed E-state index contributed by atoms with van der Waals surface area (Å²) in [6, 6.07) is 4.67. The van der Waals surface area contributed by atoms with Crippen LogP contribution in [-0.4, -0.2) is 53.7 Å². The summed E-state index contributed by atoms with van der Waals surface area (Å²) >= 11 is 1.57. The highest BCUT2D eigenvalue weighted by molar-refractivity contribution is 7.22. The Labute approximate surface area is 125 Å². The lowest BCUT2D eigenvalue weighted by Crippen LogP contribution is -2.46. The van der Waals surface area contributed by atoms with Crippen molar-refractivity contribution in [3.63, 3.8) is 0 Å². The van der Waals surface area contributed by atoms with Gasteiger partial charge in [-0.1, -0.05) is 11.3 Å². The molecule has 1 aromatic heterocycles. The number of fused-ring (bicyclic) bond motifs is 1. The van der Waals surface area contributed by atoms with Crippen molar-refractivity contribution in [2.24, 2.45) is 0 Å². The maximum atomic E-state index is 13.2. The largest absolute Gasteiger partial charge is 0.481 e. The van der Waals surface area contributed by atoms with Gasteiger partial charge in [-0.2, -0.15) is 0 Å². The Morgan fingerprint density at radius 3 is 2.81 bits per heavy atom. The number of piperazine rings is 1. The summed E-state index contributed by atoms with van der Waals surface area (Å²) in [6.45, 7) is 3.90. The maximum Gasteiger partial charge on any atom is 0.304 e. The highest BCUT2D eigenvalue weighted by Crippen LogP contribution is 2.29. The van der Waals surface area contributed by atoms with E-state index in [9.17, 15) is 9.18 Å². The summed E-state index contributed by atoms with van der Waals surface area (Å²) in [5, 5.41) is 9.61. The van der Waals surface area contributed by atoms with E-state index >= 15 is 0 Å². The minimum absolute atomic E-state index is 0.181. The Balaban J connectivity index is 1.64. The summed E-state index contributed by atoms with van der Waals surface area (Å²) in [5.41, 5.74) is 0.698. The van der Waals surface area contributed by atoms with Gasteiger partial charge < -0.3 is 10.0 Å². The molecule has 7 heteroatoms. The van der Waals surface area contributed by atoms with Gasteiger partial charge >= 0.3 is 5.97 Å².